The number of ether oxygens (including phenoxy) is 1. The van der Waals surface area contributed by atoms with Crippen molar-refractivity contribution in [3.63, 3.8) is 0 Å². The van der Waals surface area contributed by atoms with Crippen LogP contribution in [0.25, 0.3) is 0 Å². The van der Waals surface area contributed by atoms with Crippen LogP contribution in [0.5, 0.6) is 0 Å². The van der Waals surface area contributed by atoms with E-state index in [-0.39, 0.29) is 5.56 Å². The molecule has 0 atom stereocenters. The van der Waals surface area contributed by atoms with Gasteiger partial charge in [-0.05, 0) is 0 Å². The van der Waals surface area contributed by atoms with Crippen molar-refractivity contribution < 1.29 is 9.84 Å². The predicted octanol–water partition coefficient (Wildman–Crippen LogP) is -0.242. The van der Waals surface area contributed by atoms with E-state index in [0.717, 1.165) is 0 Å². The van der Waals surface area contributed by atoms with Gasteiger partial charge in [0.15, 0.2) is 5.82 Å². The van der Waals surface area contributed by atoms with E-state index in [1.165, 1.54) is 4.57 Å². The van der Waals surface area contributed by atoms with E-state index < -0.39 is 5.60 Å². The zero-order valence-corrected chi connectivity index (χ0v) is 10.8. The zero-order chi connectivity index (χ0) is 13.2. The maximum Gasteiger partial charge on any atom is 0.293 e. The summed E-state index contributed by atoms with van der Waals surface area (Å²) in [5.41, 5.74) is -0.953. The molecule has 0 radical (unpaired) electrons. The fraction of sp³-hybridized carbons (Fsp3) is 0.667. The van der Waals surface area contributed by atoms with E-state index in [0.29, 0.717) is 38.4 Å². The van der Waals surface area contributed by atoms with Crippen molar-refractivity contribution in [1.82, 2.24) is 9.55 Å². The van der Waals surface area contributed by atoms with Gasteiger partial charge in [0.1, 0.15) is 0 Å². The van der Waals surface area contributed by atoms with Crippen molar-refractivity contribution in [2.45, 2.75) is 18.4 Å². The SMILES string of the molecule is CN(CC1(O)CCOCC1)c1nccn(C)c1=O. The molecular formula is C12H19N3O3. The van der Waals surface area contributed by atoms with Gasteiger partial charge in [-0.15, -0.1) is 0 Å². The molecule has 0 amide bonds. The first kappa shape index (κ1) is 13.0. The van der Waals surface area contributed by atoms with Crippen molar-refractivity contribution in [2.24, 2.45) is 7.05 Å². The Morgan fingerprint density at radius 3 is 2.89 bits per heavy atom. The van der Waals surface area contributed by atoms with Crippen LogP contribution in [0, 0.1) is 0 Å². The van der Waals surface area contributed by atoms with Crippen molar-refractivity contribution in [3.8, 4) is 0 Å². The van der Waals surface area contributed by atoms with Crippen LogP contribution in [0.3, 0.4) is 0 Å². The van der Waals surface area contributed by atoms with Gasteiger partial charge in [-0.2, -0.15) is 0 Å². The minimum atomic E-state index is -0.796. The van der Waals surface area contributed by atoms with Gasteiger partial charge in [-0.25, -0.2) is 4.98 Å². The van der Waals surface area contributed by atoms with E-state index in [2.05, 4.69) is 4.98 Å². The van der Waals surface area contributed by atoms with Crippen LogP contribution < -0.4 is 10.5 Å². The number of rotatable bonds is 3. The summed E-state index contributed by atoms with van der Waals surface area (Å²) in [6, 6.07) is 0. The molecule has 0 unspecified atom stereocenters. The van der Waals surface area contributed by atoms with Crippen LogP contribution in [-0.2, 0) is 11.8 Å². The average molecular weight is 253 g/mol. The van der Waals surface area contributed by atoms with Gasteiger partial charge in [0.2, 0.25) is 0 Å². The Labute approximate surface area is 106 Å². The van der Waals surface area contributed by atoms with Gasteiger partial charge in [0.05, 0.1) is 5.60 Å². The lowest BCUT2D eigenvalue weighted by atomic mass is 9.94. The molecule has 0 bridgehead atoms. The second-order valence-electron chi connectivity index (χ2n) is 4.86. The van der Waals surface area contributed by atoms with E-state index in [9.17, 15) is 9.90 Å². The Kier molecular flexibility index (Phi) is 3.68. The highest BCUT2D eigenvalue weighted by molar-refractivity contribution is 5.35. The van der Waals surface area contributed by atoms with Crippen LogP contribution >= 0.6 is 0 Å². The minimum absolute atomic E-state index is 0.157. The lowest BCUT2D eigenvalue weighted by Gasteiger charge is -2.35. The van der Waals surface area contributed by atoms with Crippen LogP contribution in [0.4, 0.5) is 5.82 Å². The fourth-order valence-corrected chi connectivity index (χ4v) is 2.17. The van der Waals surface area contributed by atoms with Gasteiger partial charge in [-0.3, -0.25) is 4.79 Å². The third-order valence-corrected chi connectivity index (χ3v) is 3.32. The van der Waals surface area contributed by atoms with Crippen LogP contribution in [-0.4, -0.2) is 47.1 Å². The van der Waals surface area contributed by atoms with E-state index >= 15 is 0 Å². The predicted molar refractivity (Wildman–Crippen MR) is 67.8 cm³/mol. The average Bonchev–Trinajstić information content (AvgIpc) is 2.33. The summed E-state index contributed by atoms with van der Waals surface area (Å²) in [5, 5.41) is 10.4. The Hall–Kier alpha value is -1.40. The summed E-state index contributed by atoms with van der Waals surface area (Å²) < 4.78 is 6.71. The number of aryl methyl sites for hydroxylation is 1. The van der Waals surface area contributed by atoms with E-state index in [4.69, 9.17) is 4.74 Å². The molecule has 100 valence electrons. The molecule has 2 rings (SSSR count). The molecule has 0 spiro atoms. The molecular weight excluding hydrogens is 234 g/mol. The Balaban J connectivity index is 2.14. The number of likely N-dealkylation sites (N-methyl/N-ethyl adjacent to an activating group) is 1. The van der Waals surface area contributed by atoms with Crippen molar-refractivity contribution in [1.29, 1.82) is 0 Å². The molecule has 6 nitrogen and oxygen atoms in total. The minimum Gasteiger partial charge on any atom is -0.388 e. The molecule has 1 aliphatic rings. The monoisotopic (exact) mass is 253 g/mol. The van der Waals surface area contributed by atoms with Crippen molar-refractivity contribution in [3.05, 3.63) is 22.7 Å². The number of anilines is 1. The summed E-state index contributed by atoms with van der Waals surface area (Å²) in [6.45, 7) is 1.51. The molecule has 1 N–H and O–H groups in total. The molecule has 1 aromatic heterocycles. The Morgan fingerprint density at radius 2 is 2.22 bits per heavy atom. The third-order valence-electron chi connectivity index (χ3n) is 3.32. The summed E-state index contributed by atoms with van der Waals surface area (Å²) in [6.07, 6.45) is 4.37. The quantitative estimate of drug-likeness (QED) is 0.805. The lowest BCUT2D eigenvalue weighted by Crippen LogP contribution is -2.47. The molecule has 1 saturated heterocycles. The second-order valence-corrected chi connectivity index (χ2v) is 4.86. The third kappa shape index (κ3) is 2.70. The summed E-state index contributed by atoms with van der Waals surface area (Å²) >= 11 is 0. The van der Waals surface area contributed by atoms with E-state index in [1.807, 2.05) is 0 Å². The number of hydrogen-bond acceptors (Lipinski definition) is 5. The maximum atomic E-state index is 11.9. The Morgan fingerprint density at radius 1 is 1.56 bits per heavy atom. The first-order valence-corrected chi connectivity index (χ1v) is 6.05. The molecule has 6 heteroatoms. The highest BCUT2D eigenvalue weighted by Gasteiger charge is 2.31. The van der Waals surface area contributed by atoms with Crippen LogP contribution in [0.15, 0.2) is 17.2 Å². The topological polar surface area (TPSA) is 67.6 Å². The molecule has 1 fully saturated rings. The van der Waals surface area contributed by atoms with Gasteiger partial charge in [-0.1, -0.05) is 0 Å². The molecule has 0 aromatic carbocycles. The summed E-state index contributed by atoms with van der Waals surface area (Å²) in [4.78, 5) is 17.7. The second kappa shape index (κ2) is 5.07. The maximum absolute atomic E-state index is 11.9. The number of nitrogens with zero attached hydrogens (tertiary/aromatic N) is 3. The van der Waals surface area contributed by atoms with E-state index in [1.54, 1.807) is 31.4 Å². The lowest BCUT2D eigenvalue weighted by molar-refractivity contribution is -0.0573. The van der Waals surface area contributed by atoms with Gasteiger partial charge in [0.25, 0.3) is 5.56 Å². The van der Waals surface area contributed by atoms with Crippen LogP contribution in [0.1, 0.15) is 12.8 Å². The molecule has 0 aliphatic carbocycles. The smallest absolute Gasteiger partial charge is 0.293 e. The van der Waals surface area contributed by atoms with Crippen molar-refractivity contribution in [2.75, 3.05) is 31.7 Å². The standard InChI is InChI=1S/C12H19N3O3/c1-14-6-5-13-10(11(14)16)15(2)9-12(17)3-7-18-8-4-12/h5-6,17H,3-4,7-9H2,1-2H3. The Bertz CT molecular complexity index is 466. The molecule has 1 aromatic rings. The summed E-state index contributed by atoms with van der Waals surface area (Å²) in [7, 11) is 3.46. The highest BCUT2D eigenvalue weighted by Crippen LogP contribution is 2.22. The normalized spacial score (nSPS) is 18.6. The summed E-state index contributed by atoms with van der Waals surface area (Å²) in [5.74, 6) is 0.361. The van der Waals surface area contributed by atoms with Crippen molar-refractivity contribution >= 4 is 5.82 Å². The van der Waals surface area contributed by atoms with Crippen LogP contribution in [0.2, 0.25) is 0 Å². The molecule has 2 heterocycles. The highest BCUT2D eigenvalue weighted by atomic mass is 16.5. The fourth-order valence-electron chi connectivity index (χ4n) is 2.17. The first-order chi connectivity index (χ1) is 8.52. The van der Waals surface area contributed by atoms with Gasteiger partial charge >= 0.3 is 0 Å². The largest absolute Gasteiger partial charge is 0.388 e. The molecule has 18 heavy (non-hydrogen) atoms. The van der Waals surface area contributed by atoms with Gasteiger partial charge in [0, 0.05) is 59.1 Å². The zero-order valence-electron chi connectivity index (χ0n) is 10.8. The first-order valence-electron chi connectivity index (χ1n) is 6.05. The molecule has 0 saturated carbocycles. The van der Waals surface area contributed by atoms with Gasteiger partial charge < -0.3 is 19.3 Å². The number of hydrogen-bond donors (Lipinski definition) is 1. The number of aromatic nitrogens is 2. The molecule has 1 aliphatic heterocycles. The number of aliphatic hydroxyl groups is 1.